The topological polar surface area (TPSA) is 44.1 Å². The quantitative estimate of drug-likeness (QED) is 0.696. The zero-order valence-corrected chi connectivity index (χ0v) is 15.7. The Morgan fingerprint density at radius 2 is 1.73 bits per heavy atom. The van der Waals surface area contributed by atoms with Crippen LogP contribution in [0.4, 0.5) is 5.69 Å². The van der Waals surface area contributed by atoms with Crippen LogP contribution in [0.2, 0.25) is 0 Å². The molecule has 0 aliphatic carbocycles. The first-order valence-corrected chi connectivity index (χ1v) is 8.27. The number of nitriles is 1. The largest absolute Gasteiger partial charge is 0.372 e. The van der Waals surface area contributed by atoms with E-state index in [1.165, 1.54) is 0 Å². The summed E-state index contributed by atoms with van der Waals surface area (Å²) in [5.74, 6) is 0. The molecular formula is C19H34N2O. The Kier molecular flexibility index (Phi) is 21.9. The molecule has 3 nitrogen and oxygen atoms in total. The predicted octanol–water partition coefficient (Wildman–Crippen LogP) is 5.44. The zero-order valence-electron chi connectivity index (χ0n) is 15.7. The first kappa shape index (κ1) is 25.2. The van der Waals surface area contributed by atoms with Gasteiger partial charge < -0.3 is 9.69 Å². The van der Waals surface area contributed by atoms with Gasteiger partial charge >= 0.3 is 0 Å². The lowest BCUT2D eigenvalue weighted by Gasteiger charge is -2.26. The maximum absolute atomic E-state index is 9.17. The molecular weight excluding hydrogens is 272 g/mol. The van der Waals surface area contributed by atoms with E-state index in [2.05, 4.69) is 31.9 Å². The fourth-order valence-corrected chi connectivity index (χ4v) is 1.32. The van der Waals surface area contributed by atoms with E-state index in [9.17, 15) is 4.79 Å². The molecule has 0 saturated heterocycles. The molecule has 0 bridgehead atoms. The van der Waals surface area contributed by atoms with Crippen LogP contribution in [0.15, 0.2) is 24.3 Å². The van der Waals surface area contributed by atoms with Gasteiger partial charge in [-0.25, -0.2) is 0 Å². The number of rotatable bonds is 4. The third-order valence-corrected chi connectivity index (χ3v) is 2.80. The number of nitrogens with zero attached hydrogens (tertiary/aromatic N) is 2. The average molecular weight is 306 g/mol. The molecule has 0 amide bonds. The van der Waals surface area contributed by atoms with Gasteiger partial charge in [0.2, 0.25) is 0 Å². The van der Waals surface area contributed by atoms with Crippen LogP contribution in [-0.4, -0.2) is 19.4 Å². The van der Waals surface area contributed by atoms with Crippen LogP contribution in [0.3, 0.4) is 0 Å². The van der Waals surface area contributed by atoms with Gasteiger partial charge in [-0.15, -0.1) is 0 Å². The highest BCUT2D eigenvalue weighted by Crippen LogP contribution is 2.17. The first-order chi connectivity index (χ1) is 10.6. The molecule has 1 atom stereocenters. The standard InChI is InChI=1S/C12H16N2.C3H6O.2C2H6/c1-4-10(2)14(3)12-7-5-6-11(8-12)9-13;1-2-3-4;2*1-2/h5-8,10H,4H2,1-3H3;3H,2H2,1H3;2*1-2H3. The van der Waals surface area contributed by atoms with Crippen molar-refractivity contribution in [2.75, 3.05) is 11.9 Å². The van der Waals surface area contributed by atoms with Crippen molar-refractivity contribution in [2.24, 2.45) is 0 Å². The minimum atomic E-state index is 0.504. The molecule has 3 heteroatoms. The molecule has 126 valence electrons. The van der Waals surface area contributed by atoms with Gasteiger partial charge in [0.15, 0.2) is 0 Å². The SMILES string of the molecule is CC.CC.CCC(C)N(C)c1cccc(C#N)c1.CCC=O. The Bertz CT molecular complexity index is 397. The Hall–Kier alpha value is -1.82. The maximum Gasteiger partial charge on any atom is 0.119 e. The summed E-state index contributed by atoms with van der Waals surface area (Å²) in [6.07, 6.45) is 2.62. The van der Waals surface area contributed by atoms with Crippen molar-refractivity contribution in [3.63, 3.8) is 0 Å². The molecule has 0 radical (unpaired) electrons. The highest BCUT2D eigenvalue weighted by molar-refractivity contribution is 5.51. The Balaban J connectivity index is -0.000000383. The summed E-state index contributed by atoms with van der Waals surface area (Å²) in [5, 5.41) is 8.77. The van der Waals surface area contributed by atoms with Crippen molar-refractivity contribution in [1.82, 2.24) is 0 Å². The number of hydrogen-bond acceptors (Lipinski definition) is 3. The third-order valence-electron chi connectivity index (χ3n) is 2.80. The van der Waals surface area contributed by atoms with Crippen molar-refractivity contribution in [3.8, 4) is 6.07 Å². The highest BCUT2D eigenvalue weighted by Gasteiger charge is 2.07. The summed E-state index contributed by atoms with van der Waals surface area (Å²) in [6.45, 7) is 14.2. The van der Waals surface area contributed by atoms with E-state index in [1.807, 2.05) is 58.9 Å². The number of benzene rings is 1. The van der Waals surface area contributed by atoms with Crippen molar-refractivity contribution in [2.45, 2.75) is 67.3 Å². The predicted molar refractivity (Wildman–Crippen MR) is 98.4 cm³/mol. The average Bonchev–Trinajstić information content (AvgIpc) is 2.63. The molecule has 0 aliphatic rings. The lowest BCUT2D eigenvalue weighted by molar-refractivity contribution is -0.107. The summed E-state index contributed by atoms with van der Waals surface area (Å²) >= 11 is 0. The van der Waals surface area contributed by atoms with Crippen LogP contribution in [-0.2, 0) is 4.79 Å². The van der Waals surface area contributed by atoms with E-state index in [4.69, 9.17) is 5.26 Å². The van der Waals surface area contributed by atoms with Crippen LogP contribution < -0.4 is 4.90 Å². The fraction of sp³-hybridized carbons (Fsp3) is 0.579. The lowest BCUT2D eigenvalue weighted by Crippen LogP contribution is -2.27. The fourth-order valence-electron chi connectivity index (χ4n) is 1.32. The van der Waals surface area contributed by atoms with E-state index in [-0.39, 0.29) is 0 Å². The van der Waals surface area contributed by atoms with Crippen molar-refractivity contribution >= 4 is 12.0 Å². The summed E-state index contributed by atoms with van der Waals surface area (Å²) in [5.41, 5.74) is 1.83. The second kappa shape index (κ2) is 19.2. The lowest BCUT2D eigenvalue weighted by atomic mass is 10.1. The first-order valence-electron chi connectivity index (χ1n) is 8.27. The van der Waals surface area contributed by atoms with E-state index < -0.39 is 0 Å². The van der Waals surface area contributed by atoms with Crippen LogP contribution in [0.5, 0.6) is 0 Å². The normalized spacial score (nSPS) is 9.23. The molecule has 0 aromatic heterocycles. The number of aldehydes is 1. The molecule has 0 spiro atoms. The number of hydrogen-bond donors (Lipinski definition) is 0. The maximum atomic E-state index is 9.17. The summed E-state index contributed by atoms with van der Waals surface area (Å²) < 4.78 is 0. The molecule has 1 unspecified atom stereocenters. The second-order valence-corrected chi connectivity index (χ2v) is 4.11. The molecule has 0 heterocycles. The van der Waals surface area contributed by atoms with Crippen molar-refractivity contribution < 1.29 is 4.79 Å². The van der Waals surface area contributed by atoms with Crippen LogP contribution in [0, 0.1) is 11.3 Å². The highest BCUT2D eigenvalue weighted by atomic mass is 16.1. The smallest absolute Gasteiger partial charge is 0.119 e. The summed E-state index contributed by atoms with van der Waals surface area (Å²) in [6, 6.07) is 10.4. The molecule has 1 rings (SSSR count). The van der Waals surface area contributed by atoms with Crippen LogP contribution in [0.25, 0.3) is 0 Å². The van der Waals surface area contributed by atoms with Crippen molar-refractivity contribution in [3.05, 3.63) is 29.8 Å². The van der Waals surface area contributed by atoms with Gasteiger partial charge in [0.05, 0.1) is 11.6 Å². The Labute approximate surface area is 138 Å². The van der Waals surface area contributed by atoms with E-state index in [0.29, 0.717) is 12.5 Å². The number of carbonyl (C=O) groups excluding carboxylic acids is 1. The Morgan fingerprint density at radius 1 is 1.23 bits per heavy atom. The van der Waals surface area contributed by atoms with Gasteiger partial charge in [-0.1, -0.05) is 47.6 Å². The molecule has 0 N–H and O–H groups in total. The van der Waals surface area contributed by atoms with Gasteiger partial charge in [0, 0.05) is 25.2 Å². The van der Waals surface area contributed by atoms with E-state index in [1.54, 1.807) is 0 Å². The minimum absolute atomic E-state index is 0.504. The minimum Gasteiger partial charge on any atom is -0.372 e. The number of carbonyl (C=O) groups is 1. The van der Waals surface area contributed by atoms with Crippen molar-refractivity contribution in [1.29, 1.82) is 5.26 Å². The molecule has 1 aromatic rings. The van der Waals surface area contributed by atoms with E-state index >= 15 is 0 Å². The van der Waals surface area contributed by atoms with Gasteiger partial charge in [-0.3, -0.25) is 0 Å². The zero-order chi connectivity index (χ0) is 18.0. The molecule has 0 fully saturated rings. The van der Waals surface area contributed by atoms with Gasteiger partial charge in [-0.2, -0.15) is 5.26 Å². The monoisotopic (exact) mass is 306 g/mol. The van der Waals surface area contributed by atoms with Crippen LogP contribution >= 0.6 is 0 Å². The molecule has 0 aliphatic heterocycles. The molecule has 0 saturated carbocycles. The van der Waals surface area contributed by atoms with Crippen LogP contribution in [0.1, 0.15) is 66.9 Å². The van der Waals surface area contributed by atoms with Gasteiger partial charge in [0.25, 0.3) is 0 Å². The molecule has 22 heavy (non-hydrogen) atoms. The Morgan fingerprint density at radius 3 is 2.09 bits per heavy atom. The summed E-state index contributed by atoms with van der Waals surface area (Å²) in [7, 11) is 2.06. The number of anilines is 1. The third kappa shape index (κ3) is 12.0. The molecule has 1 aromatic carbocycles. The van der Waals surface area contributed by atoms with Gasteiger partial charge in [-0.05, 0) is 31.5 Å². The van der Waals surface area contributed by atoms with Gasteiger partial charge in [0.1, 0.15) is 6.29 Å². The second-order valence-electron chi connectivity index (χ2n) is 4.11. The summed E-state index contributed by atoms with van der Waals surface area (Å²) in [4.78, 5) is 11.4. The van der Waals surface area contributed by atoms with E-state index in [0.717, 1.165) is 24.0 Å².